The average Bonchev–Trinajstić information content (AvgIpc) is 1.96. The summed E-state index contributed by atoms with van der Waals surface area (Å²) in [5.74, 6) is 0. The van der Waals surface area contributed by atoms with Crippen LogP contribution in [0.4, 0.5) is 0 Å². The van der Waals surface area contributed by atoms with Crippen molar-refractivity contribution in [3.63, 3.8) is 0 Å². The number of nitrogens with one attached hydrogen (secondary N) is 1. The predicted molar refractivity (Wildman–Crippen MR) is 54.7 cm³/mol. The summed E-state index contributed by atoms with van der Waals surface area (Å²) in [5.41, 5.74) is 5.34. The molecule has 0 aliphatic heterocycles. The van der Waals surface area contributed by atoms with Gasteiger partial charge in [0.25, 0.3) is 0 Å². The van der Waals surface area contributed by atoms with E-state index in [4.69, 9.17) is 5.73 Å². The third-order valence-corrected chi connectivity index (χ3v) is 1.52. The van der Waals surface area contributed by atoms with Crippen molar-refractivity contribution in [2.45, 2.75) is 12.8 Å². The molecule has 0 aromatic heterocycles. The Balaban J connectivity index is 0. The van der Waals surface area contributed by atoms with E-state index in [0.717, 1.165) is 32.6 Å². The molecule has 0 aromatic rings. The summed E-state index contributed by atoms with van der Waals surface area (Å²) >= 11 is 0. The number of nitrogens with two attached hydrogens (primary N) is 1. The molecule has 0 unspecified atom stereocenters. The molecule has 0 rings (SSSR count). The summed E-state index contributed by atoms with van der Waals surface area (Å²) < 4.78 is 0. The number of hydrogen-bond donors (Lipinski definition) is 3. The van der Waals surface area contributed by atoms with Gasteiger partial charge in [-0.1, -0.05) is 0 Å². The smallest absolute Gasteiger partial charge is 0.00127 e. The highest BCUT2D eigenvalue weighted by Gasteiger charge is 1.89. The maximum absolute atomic E-state index is 5.34. The normalized spacial score (nSPS) is 10.0. The van der Waals surface area contributed by atoms with Gasteiger partial charge in [0.05, 0.1) is 0 Å². The Hall–Kier alpha value is -0.160. The zero-order valence-electron chi connectivity index (χ0n) is 8.47. The van der Waals surface area contributed by atoms with Gasteiger partial charge < -0.3 is 22.1 Å². The van der Waals surface area contributed by atoms with Crippen LogP contribution in [-0.2, 0) is 0 Å². The van der Waals surface area contributed by atoms with Crippen molar-refractivity contribution in [3.05, 3.63) is 0 Å². The first-order chi connectivity index (χ1) is 5.27. The summed E-state index contributed by atoms with van der Waals surface area (Å²) in [6, 6.07) is 0. The van der Waals surface area contributed by atoms with Crippen molar-refractivity contribution >= 4 is 0 Å². The first kappa shape index (κ1) is 14.4. The summed E-state index contributed by atoms with van der Waals surface area (Å²) in [4.78, 5) is 2.20. The molecule has 0 bridgehead atoms. The molecule has 4 nitrogen and oxygen atoms in total. The van der Waals surface area contributed by atoms with E-state index in [1.807, 2.05) is 0 Å². The van der Waals surface area contributed by atoms with E-state index in [-0.39, 0.29) is 6.15 Å². The van der Waals surface area contributed by atoms with Gasteiger partial charge in [-0.3, -0.25) is 0 Å². The van der Waals surface area contributed by atoms with E-state index in [9.17, 15) is 0 Å². The van der Waals surface area contributed by atoms with Crippen LogP contribution in [0.1, 0.15) is 12.8 Å². The lowest BCUT2D eigenvalue weighted by atomic mass is 10.4. The second-order valence-electron chi connectivity index (χ2n) is 3.05. The van der Waals surface area contributed by atoms with Gasteiger partial charge in [0.15, 0.2) is 0 Å². The molecule has 0 spiro atoms. The Bertz CT molecular complexity index is 75.5. The Kier molecular flexibility index (Phi) is 13.0. The zero-order chi connectivity index (χ0) is 8.53. The van der Waals surface area contributed by atoms with E-state index in [2.05, 4.69) is 24.3 Å². The molecule has 0 aromatic carbocycles. The van der Waals surface area contributed by atoms with Crippen LogP contribution in [0.15, 0.2) is 0 Å². The lowest BCUT2D eigenvalue weighted by Crippen LogP contribution is -2.23. The molecule has 0 aliphatic carbocycles. The Morgan fingerprint density at radius 1 is 1.17 bits per heavy atom. The standard InChI is InChI=1S/C8H21N3.H3N/c1-11(2)8-4-7-10-6-3-5-9;/h10H,3-9H2,1-2H3;1H3. The van der Waals surface area contributed by atoms with Crippen LogP contribution < -0.4 is 17.2 Å². The van der Waals surface area contributed by atoms with E-state index in [1.165, 1.54) is 6.42 Å². The Labute approximate surface area is 76.1 Å². The van der Waals surface area contributed by atoms with Gasteiger partial charge in [0, 0.05) is 0 Å². The molecule has 0 saturated carbocycles. The summed E-state index contributed by atoms with van der Waals surface area (Å²) in [5, 5.41) is 3.34. The fourth-order valence-electron chi connectivity index (χ4n) is 0.872. The lowest BCUT2D eigenvalue weighted by molar-refractivity contribution is 0.394. The van der Waals surface area contributed by atoms with Crippen LogP contribution in [-0.4, -0.2) is 45.2 Å². The maximum atomic E-state index is 5.34. The van der Waals surface area contributed by atoms with Gasteiger partial charge in [0.1, 0.15) is 0 Å². The molecule has 12 heavy (non-hydrogen) atoms. The first-order valence-corrected chi connectivity index (χ1v) is 4.33. The minimum atomic E-state index is 0. The molecule has 0 saturated heterocycles. The molecule has 76 valence electrons. The fraction of sp³-hybridized carbons (Fsp3) is 1.00. The molecule has 0 radical (unpaired) electrons. The number of rotatable bonds is 7. The van der Waals surface area contributed by atoms with Crippen molar-refractivity contribution in [1.82, 2.24) is 16.4 Å². The van der Waals surface area contributed by atoms with E-state index in [0.29, 0.717) is 0 Å². The zero-order valence-corrected chi connectivity index (χ0v) is 8.47. The van der Waals surface area contributed by atoms with E-state index < -0.39 is 0 Å². The Morgan fingerprint density at radius 3 is 2.25 bits per heavy atom. The van der Waals surface area contributed by atoms with E-state index >= 15 is 0 Å². The largest absolute Gasteiger partial charge is 0.344 e. The van der Waals surface area contributed by atoms with Gasteiger partial charge in [-0.05, 0) is 53.1 Å². The van der Waals surface area contributed by atoms with Gasteiger partial charge in [-0.25, -0.2) is 0 Å². The van der Waals surface area contributed by atoms with Crippen LogP contribution in [0, 0.1) is 0 Å². The number of hydrogen-bond acceptors (Lipinski definition) is 4. The van der Waals surface area contributed by atoms with Crippen molar-refractivity contribution in [1.29, 1.82) is 0 Å². The molecule has 0 amide bonds. The Morgan fingerprint density at radius 2 is 1.75 bits per heavy atom. The highest BCUT2D eigenvalue weighted by atomic mass is 15.0. The fourth-order valence-corrected chi connectivity index (χ4v) is 0.872. The molecule has 6 N–H and O–H groups in total. The maximum Gasteiger partial charge on any atom is -0.00127 e. The first-order valence-electron chi connectivity index (χ1n) is 4.33. The number of nitrogens with zero attached hydrogens (tertiary/aromatic N) is 1. The quantitative estimate of drug-likeness (QED) is 0.479. The third-order valence-electron chi connectivity index (χ3n) is 1.52. The predicted octanol–water partition coefficient (Wildman–Crippen LogP) is 0.0385. The summed E-state index contributed by atoms with van der Waals surface area (Å²) in [6.07, 6.45) is 2.31. The van der Waals surface area contributed by atoms with Gasteiger partial charge in [-0.2, -0.15) is 0 Å². The topological polar surface area (TPSA) is 76.3 Å². The molecule has 0 atom stereocenters. The molecule has 0 aliphatic rings. The minimum Gasteiger partial charge on any atom is -0.344 e. The molecule has 0 fully saturated rings. The van der Waals surface area contributed by atoms with Crippen LogP contribution in [0.5, 0.6) is 0 Å². The molecular weight excluding hydrogens is 152 g/mol. The summed E-state index contributed by atoms with van der Waals surface area (Å²) in [7, 11) is 4.19. The SMILES string of the molecule is CN(C)CCCNCCCN.N. The second-order valence-corrected chi connectivity index (χ2v) is 3.05. The third kappa shape index (κ3) is 12.5. The molecule has 4 heteroatoms. The summed E-state index contributed by atoms with van der Waals surface area (Å²) in [6.45, 7) is 4.12. The van der Waals surface area contributed by atoms with Crippen LogP contribution in [0.25, 0.3) is 0 Å². The van der Waals surface area contributed by atoms with Crippen molar-refractivity contribution in [2.24, 2.45) is 5.73 Å². The van der Waals surface area contributed by atoms with E-state index in [1.54, 1.807) is 0 Å². The molecular formula is C8H24N4. The minimum absolute atomic E-state index is 0. The van der Waals surface area contributed by atoms with Crippen LogP contribution >= 0.6 is 0 Å². The van der Waals surface area contributed by atoms with Gasteiger partial charge in [0.2, 0.25) is 0 Å². The molecule has 0 heterocycles. The average molecular weight is 176 g/mol. The highest BCUT2D eigenvalue weighted by molar-refractivity contribution is 4.50. The van der Waals surface area contributed by atoms with Gasteiger partial charge >= 0.3 is 0 Å². The monoisotopic (exact) mass is 176 g/mol. The van der Waals surface area contributed by atoms with Crippen molar-refractivity contribution in [3.8, 4) is 0 Å². The van der Waals surface area contributed by atoms with Gasteiger partial charge in [-0.15, -0.1) is 0 Å². The van der Waals surface area contributed by atoms with Crippen molar-refractivity contribution in [2.75, 3.05) is 40.3 Å². The van der Waals surface area contributed by atoms with Crippen LogP contribution in [0.3, 0.4) is 0 Å². The lowest BCUT2D eigenvalue weighted by Gasteiger charge is -2.09. The second kappa shape index (κ2) is 10.8. The van der Waals surface area contributed by atoms with Crippen LogP contribution in [0.2, 0.25) is 0 Å². The van der Waals surface area contributed by atoms with Crippen molar-refractivity contribution < 1.29 is 0 Å². The highest BCUT2D eigenvalue weighted by Crippen LogP contribution is 1.80.